The van der Waals surface area contributed by atoms with Crippen LogP contribution < -0.4 is 5.32 Å². The molecule has 18 heavy (non-hydrogen) atoms. The first-order chi connectivity index (χ1) is 8.29. The van der Waals surface area contributed by atoms with E-state index >= 15 is 0 Å². The molecule has 0 aromatic heterocycles. The zero-order chi connectivity index (χ0) is 13.9. The molecule has 0 bridgehead atoms. The quantitative estimate of drug-likeness (QED) is 0.839. The van der Waals surface area contributed by atoms with E-state index in [1.54, 1.807) is 13.8 Å². The Labute approximate surface area is 110 Å². The molecule has 0 spiro atoms. The maximum Gasteiger partial charge on any atom is 0.227 e. The predicted octanol–water partition coefficient (Wildman–Crippen LogP) is 3.41. The molecular weight excluding hydrogens is 260 g/mol. The molecule has 0 radical (unpaired) electrons. The fraction of sp³-hybridized carbons (Fsp3) is 0.462. The van der Waals surface area contributed by atoms with E-state index in [0.29, 0.717) is 0 Å². The first-order valence-electron chi connectivity index (χ1n) is 5.60. The highest BCUT2D eigenvalue weighted by atomic mass is 35.5. The summed E-state index contributed by atoms with van der Waals surface area (Å²) in [6.07, 6.45) is 0. The van der Waals surface area contributed by atoms with Crippen molar-refractivity contribution < 1.29 is 13.6 Å². The molecule has 0 aliphatic carbocycles. The van der Waals surface area contributed by atoms with Gasteiger partial charge in [-0.05, 0) is 32.9 Å². The molecule has 1 N–H and O–H groups in total. The number of amides is 1. The summed E-state index contributed by atoms with van der Waals surface area (Å²) in [5.74, 6) is -1.56. The Bertz CT molecular complexity index is 428. The number of rotatable bonds is 4. The number of carbonyl (C=O) groups excluding carboxylic acids is 1. The number of nitrogens with one attached hydrogen (secondary N) is 1. The lowest BCUT2D eigenvalue weighted by Crippen LogP contribution is -2.39. The van der Waals surface area contributed by atoms with Gasteiger partial charge in [-0.1, -0.05) is 6.07 Å². The molecule has 1 atom stereocenters. The summed E-state index contributed by atoms with van der Waals surface area (Å²) in [5.41, 5.74) is -0.923. The molecule has 1 rings (SSSR count). The summed E-state index contributed by atoms with van der Waals surface area (Å²) in [4.78, 5) is 11.9. The van der Waals surface area contributed by atoms with Crippen LogP contribution in [0.4, 0.5) is 8.78 Å². The van der Waals surface area contributed by atoms with Crippen molar-refractivity contribution in [3.8, 4) is 0 Å². The van der Waals surface area contributed by atoms with Gasteiger partial charge < -0.3 is 5.32 Å². The van der Waals surface area contributed by atoms with Crippen molar-refractivity contribution in [3.63, 3.8) is 0 Å². The normalized spacial score (nSPS) is 13.2. The lowest BCUT2D eigenvalue weighted by Gasteiger charge is -2.24. The summed E-state index contributed by atoms with van der Waals surface area (Å²) in [6, 6.07) is 2.86. The minimum Gasteiger partial charge on any atom is -0.349 e. The number of halogens is 3. The molecule has 0 aliphatic rings. The number of carbonyl (C=O) groups is 1. The number of alkyl halides is 1. The Hall–Kier alpha value is -1.16. The maximum atomic E-state index is 13.5. The van der Waals surface area contributed by atoms with Gasteiger partial charge in [0.2, 0.25) is 5.91 Å². The highest BCUT2D eigenvalue weighted by molar-refractivity contribution is 6.19. The monoisotopic (exact) mass is 275 g/mol. The van der Waals surface area contributed by atoms with E-state index in [0.717, 1.165) is 12.1 Å². The average Bonchev–Trinajstić information content (AvgIpc) is 2.28. The number of hydrogen-bond donors (Lipinski definition) is 1. The van der Waals surface area contributed by atoms with Gasteiger partial charge in [-0.25, -0.2) is 8.78 Å². The molecule has 1 amide bonds. The third-order valence-electron chi connectivity index (χ3n) is 2.73. The molecule has 100 valence electrons. The summed E-state index contributed by atoms with van der Waals surface area (Å²) in [7, 11) is 0. The van der Waals surface area contributed by atoms with Crippen LogP contribution in [0.1, 0.15) is 32.4 Å². The molecule has 0 aliphatic heterocycles. The molecule has 0 fully saturated rings. The smallest absolute Gasteiger partial charge is 0.227 e. The molecule has 0 heterocycles. The van der Waals surface area contributed by atoms with E-state index in [1.807, 2.05) is 0 Å². The fourth-order valence-corrected chi connectivity index (χ4v) is 1.57. The Morgan fingerprint density at radius 2 is 1.89 bits per heavy atom. The van der Waals surface area contributed by atoms with Gasteiger partial charge >= 0.3 is 0 Å². The Kier molecular flexibility index (Phi) is 4.68. The van der Waals surface area contributed by atoms with E-state index in [1.165, 1.54) is 13.0 Å². The van der Waals surface area contributed by atoms with Crippen molar-refractivity contribution in [2.75, 3.05) is 5.88 Å². The molecule has 1 aromatic carbocycles. The van der Waals surface area contributed by atoms with Gasteiger partial charge in [0.25, 0.3) is 0 Å². The molecule has 1 aromatic rings. The van der Waals surface area contributed by atoms with Crippen LogP contribution in [0.5, 0.6) is 0 Å². The Morgan fingerprint density at radius 1 is 1.39 bits per heavy atom. The van der Waals surface area contributed by atoms with E-state index in [4.69, 9.17) is 11.6 Å². The van der Waals surface area contributed by atoms with Crippen molar-refractivity contribution in [2.45, 2.75) is 26.8 Å². The highest BCUT2D eigenvalue weighted by Crippen LogP contribution is 2.23. The standard InChI is InChI=1S/C13H16ClF2NO/c1-8(17-12(18)13(2,3)7-14)11-9(15)5-4-6-10(11)16/h4-6,8H,7H2,1-3H3,(H,17,18). The lowest BCUT2D eigenvalue weighted by atomic mass is 9.94. The molecule has 0 saturated carbocycles. The lowest BCUT2D eigenvalue weighted by molar-refractivity contribution is -0.129. The number of benzene rings is 1. The summed E-state index contributed by atoms with van der Waals surface area (Å²) >= 11 is 5.67. The number of hydrogen-bond acceptors (Lipinski definition) is 1. The van der Waals surface area contributed by atoms with Gasteiger partial charge in [-0.2, -0.15) is 0 Å². The van der Waals surface area contributed by atoms with Crippen LogP contribution in [0.3, 0.4) is 0 Å². The van der Waals surface area contributed by atoms with Crippen LogP contribution in [-0.2, 0) is 4.79 Å². The van der Waals surface area contributed by atoms with E-state index < -0.39 is 23.1 Å². The van der Waals surface area contributed by atoms with Gasteiger partial charge in [0.15, 0.2) is 0 Å². The minimum absolute atomic E-state index is 0.130. The topological polar surface area (TPSA) is 29.1 Å². The Balaban J connectivity index is 2.90. The molecule has 5 heteroatoms. The second kappa shape index (κ2) is 5.65. The van der Waals surface area contributed by atoms with Crippen molar-refractivity contribution in [3.05, 3.63) is 35.4 Å². The summed E-state index contributed by atoms with van der Waals surface area (Å²) < 4.78 is 27.0. The average molecular weight is 276 g/mol. The minimum atomic E-state index is -0.780. The molecule has 2 nitrogen and oxygen atoms in total. The third-order valence-corrected chi connectivity index (χ3v) is 3.40. The van der Waals surface area contributed by atoms with Crippen LogP contribution in [0.25, 0.3) is 0 Å². The van der Waals surface area contributed by atoms with Crippen molar-refractivity contribution >= 4 is 17.5 Å². The second-order valence-electron chi connectivity index (χ2n) is 4.85. The first-order valence-corrected chi connectivity index (χ1v) is 6.14. The summed E-state index contributed by atoms with van der Waals surface area (Å²) in [6.45, 7) is 4.86. The second-order valence-corrected chi connectivity index (χ2v) is 5.12. The van der Waals surface area contributed by atoms with Crippen LogP contribution in [0.15, 0.2) is 18.2 Å². The Morgan fingerprint density at radius 3 is 2.33 bits per heavy atom. The molecule has 0 saturated heterocycles. The van der Waals surface area contributed by atoms with E-state index in [-0.39, 0.29) is 17.4 Å². The van der Waals surface area contributed by atoms with Gasteiger partial charge in [0, 0.05) is 11.4 Å². The first kappa shape index (κ1) is 14.9. The molecule has 1 unspecified atom stereocenters. The van der Waals surface area contributed by atoms with Crippen LogP contribution >= 0.6 is 11.6 Å². The van der Waals surface area contributed by atoms with Gasteiger partial charge in [0.05, 0.1) is 11.5 Å². The van der Waals surface area contributed by atoms with Gasteiger partial charge in [-0.15, -0.1) is 11.6 Å². The maximum absolute atomic E-state index is 13.5. The summed E-state index contributed by atoms with van der Waals surface area (Å²) in [5, 5.41) is 2.57. The van der Waals surface area contributed by atoms with E-state index in [2.05, 4.69) is 5.32 Å². The molecular formula is C13H16ClF2NO. The van der Waals surface area contributed by atoms with Crippen LogP contribution in [0, 0.1) is 17.0 Å². The fourth-order valence-electron chi connectivity index (χ4n) is 1.45. The van der Waals surface area contributed by atoms with Crippen LogP contribution in [-0.4, -0.2) is 11.8 Å². The predicted molar refractivity (Wildman–Crippen MR) is 67.4 cm³/mol. The largest absolute Gasteiger partial charge is 0.349 e. The highest BCUT2D eigenvalue weighted by Gasteiger charge is 2.29. The van der Waals surface area contributed by atoms with Crippen molar-refractivity contribution in [2.24, 2.45) is 5.41 Å². The zero-order valence-corrected chi connectivity index (χ0v) is 11.3. The van der Waals surface area contributed by atoms with E-state index in [9.17, 15) is 13.6 Å². The van der Waals surface area contributed by atoms with Gasteiger partial charge in [0.1, 0.15) is 11.6 Å². The van der Waals surface area contributed by atoms with Crippen LogP contribution in [0.2, 0.25) is 0 Å². The SMILES string of the molecule is CC(NC(=O)C(C)(C)CCl)c1c(F)cccc1F. The van der Waals surface area contributed by atoms with Crippen molar-refractivity contribution in [1.29, 1.82) is 0 Å². The zero-order valence-electron chi connectivity index (χ0n) is 10.6. The third kappa shape index (κ3) is 3.19. The van der Waals surface area contributed by atoms with Gasteiger partial charge in [-0.3, -0.25) is 4.79 Å². The van der Waals surface area contributed by atoms with Crippen molar-refractivity contribution in [1.82, 2.24) is 5.32 Å².